The molecule has 0 atom stereocenters. The topological polar surface area (TPSA) is 82.4 Å². The minimum absolute atomic E-state index is 0.0617. The third-order valence-corrected chi connectivity index (χ3v) is 6.21. The Kier molecular flexibility index (Phi) is 8.15. The number of nitrogens with zero attached hydrogens (tertiary/aromatic N) is 2. The summed E-state index contributed by atoms with van der Waals surface area (Å²) in [5.41, 5.74) is 2.16. The molecule has 0 spiro atoms. The highest BCUT2D eigenvalue weighted by Crippen LogP contribution is 2.31. The Balaban J connectivity index is 1.82. The minimum atomic E-state index is -0.199. The standard InChI is InChI=1S/C25H31N3O4S/c1-25(2,3)17-11-12-21(32-5)20(15-17)26-22(29)16-33-24-27-19-10-7-6-9-18(19)23(30)28(24)13-8-14-31-4/h6-7,9-12,15H,8,13-14,16H2,1-5H3,(H,26,29). The average molecular weight is 470 g/mol. The van der Waals surface area contributed by atoms with Crippen LogP contribution in [0, 0.1) is 0 Å². The molecule has 1 N–H and O–H groups in total. The van der Waals surface area contributed by atoms with Gasteiger partial charge < -0.3 is 14.8 Å². The van der Waals surface area contributed by atoms with Crippen LogP contribution in [0.5, 0.6) is 5.75 Å². The number of hydrogen-bond acceptors (Lipinski definition) is 6. The Labute approximate surface area is 198 Å². The molecule has 1 amide bonds. The Hall–Kier alpha value is -2.84. The van der Waals surface area contributed by atoms with Gasteiger partial charge in [-0.15, -0.1) is 0 Å². The Morgan fingerprint density at radius 3 is 2.61 bits per heavy atom. The van der Waals surface area contributed by atoms with Crippen molar-refractivity contribution in [3.63, 3.8) is 0 Å². The summed E-state index contributed by atoms with van der Waals surface area (Å²) in [6.07, 6.45) is 0.674. The van der Waals surface area contributed by atoms with Gasteiger partial charge in [0.15, 0.2) is 5.16 Å². The maximum atomic E-state index is 13.0. The van der Waals surface area contributed by atoms with Crippen molar-refractivity contribution in [3.05, 3.63) is 58.4 Å². The molecule has 176 valence electrons. The predicted octanol–water partition coefficient (Wildman–Crippen LogP) is 4.47. The number of rotatable bonds is 9. The summed E-state index contributed by atoms with van der Waals surface area (Å²) in [5, 5.41) is 4.02. The van der Waals surface area contributed by atoms with Crippen molar-refractivity contribution < 1.29 is 14.3 Å². The van der Waals surface area contributed by atoms with E-state index in [4.69, 9.17) is 9.47 Å². The summed E-state index contributed by atoms with van der Waals surface area (Å²) in [6, 6.07) is 13.1. The number of fused-ring (bicyclic) bond motifs is 1. The molecule has 0 aliphatic carbocycles. The zero-order chi connectivity index (χ0) is 24.0. The number of para-hydroxylation sites is 1. The van der Waals surface area contributed by atoms with Gasteiger partial charge in [0.2, 0.25) is 5.91 Å². The highest BCUT2D eigenvalue weighted by atomic mass is 32.2. The second-order valence-electron chi connectivity index (χ2n) is 8.72. The van der Waals surface area contributed by atoms with Crippen molar-refractivity contribution in [2.24, 2.45) is 0 Å². The van der Waals surface area contributed by atoms with Crippen LogP contribution in [0.1, 0.15) is 32.8 Å². The summed E-state index contributed by atoms with van der Waals surface area (Å²) in [5.74, 6) is 0.509. The zero-order valence-corrected chi connectivity index (χ0v) is 20.6. The van der Waals surface area contributed by atoms with Crippen molar-refractivity contribution in [1.29, 1.82) is 0 Å². The van der Waals surface area contributed by atoms with Crippen LogP contribution in [0.2, 0.25) is 0 Å². The van der Waals surface area contributed by atoms with Crippen LogP contribution >= 0.6 is 11.8 Å². The number of benzene rings is 2. The number of nitrogens with one attached hydrogen (secondary N) is 1. The molecule has 0 fully saturated rings. The van der Waals surface area contributed by atoms with E-state index >= 15 is 0 Å². The first-order chi connectivity index (χ1) is 15.7. The first-order valence-corrected chi connectivity index (χ1v) is 11.8. The van der Waals surface area contributed by atoms with Crippen molar-refractivity contribution in [3.8, 4) is 5.75 Å². The molecular formula is C25H31N3O4S. The monoisotopic (exact) mass is 469 g/mol. The summed E-state index contributed by atoms with van der Waals surface area (Å²) in [4.78, 5) is 30.5. The maximum Gasteiger partial charge on any atom is 0.262 e. The van der Waals surface area contributed by atoms with Gasteiger partial charge in [0.05, 0.1) is 29.5 Å². The summed E-state index contributed by atoms with van der Waals surface area (Å²) in [7, 11) is 3.21. The molecule has 3 aromatic rings. The van der Waals surface area contributed by atoms with E-state index in [1.54, 1.807) is 24.9 Å². The van der Waals surface area contributed by atoms with Gasteiger partial charge in [0.1, 0.15) is 5.75 Å². The first-order valence-electron chi connectivity index (χ1n) is 10.8. The van der Waals surface area contributed by atoms with Crippen LogP contribution < -0.4 is 15.6 Å². The normalized spacial score (nSPS) is 11.5. The summed E-state index contributed by atoms with van der Waals surface area (Å²) < 4.78 is 12.2. The van der Waals surface area contributed by atoms with Gasteiger partial charge in [-0.25, -0.2) is 4.98 Å². The summed E-state index contributed by atoms with van der Waals surface area (Å²) in [6.45, 7) is 7.35. The number of anilines is 1. The third-order valence-electron chi connectivity index (χ3n) is 5.23. The molecule has 0 aliphatic heterocycles. The number of ether oxygens (including phenoxy) is 2. The van der Waals surface area contributed by atoms with E-state index in [2.05, 4.69) is 31.1 Å². The molecule has 0 saturated heterocycles. The number of carbonyl (C=O) groups is 1. The second-order valence-corrected chi connectivity index (χ2v) is 9.66. The molecular weight excluding hydrogens is 438 g/mol. The number of thioether (sulfide) groups is 1. The number of amides is 1. The third kappa shape index (κ3) is 6.15. The van der Waals surface area contributed by atoms with E-state index in [1.165, 1.54) is 11.8 Å². The number of aromatic nitrogens is 2. The van der Waals surface area contributed by atoms with Gasteiger partial charge in [-0.1, -0.05) is 50.7 Å². The number of hydrogen-bond donors (Lipinski definition) is 1. The van der Waals surface area contributed by atoms with Gasteiger partial charge in [0.25, 0.3) is 5.56 Å². The molecule has 0 unspecified atom stereocenters. The molecule has 1 aromatic heterocycles. The van der Waals surface area contributed by atoms with E-state index in [0.717, 1.165) is 5.56 Å². The molecule has 0 aliphatic rings. The van der Waals surface area contributed by atoms with Gasteiger partial charge in [0, 0.05) is 20.3 Å². The van der Waals surface area contributed by atoms with Crippen LogP contribution in [0.25, 0.3) is 10.9 Å². The highest BCUT2D eigenvalue weighted by Gasteiger charge is 2.18. The van der Waals surface area contributed by atoms with Gasteiger partial charge in [-0.2, -0.15) is 0 Å². The quantitative estimate of drug-likeness (QED) is 0.283. The van der Waals surface area contributed by atoms with Crippen LogP contribution in [0.4, 0.5) is 5.69 Å². The van der Waals surface area contributed by atoms with Gasteiger partial charge in [-0.05, 0) is 41.7 Å². The van der Waals surface area contributed by atoms with Crippen LogP contribution in [0.3, 0.4) is 0 Å². The SMILES string of the molecule is COCCCn1c(SCC(=O)Nc2cc(C(C)(C)C)ccc2OC)nc2ccccc2c1=O. The van der Waals surface area contributed by atoms with E-state index in [1.807, 2.05) is 36.4 Å². The molecule has 7 nitrogen and oxygen atoms in total. The highest BCUT2D eigenvalue weighted by molar-refractivity contribution is 7.99. The fourth-order valence-electron chi connectivity index (χ4n) is 3.41. The number of carbonyl (C=O) groups excluding carboxylic acids is 1. The second kappa shape index (κ2) is 10.9. The van der Waals surface area contributed by atoms with E-state index < -0.39 is 0 Å². The van der Waals surface area contributed by atoms with Gasteiger partial charge in [-0.3, -0.25) is 14.2 Å². The Bertz CT molecular complexity index is 1180. The molecule has 33 heavy (non-hydrogen) atoms. The fraction of sp³-hybridized carbons (Fsp3) is 0.400. The lowest BCUT2D eigenvalue weighted by molar-refractivity contribution is -0.113. The Morgan fingerprint density at radius 1 is 1.15 bits per heavy atom. The minimum Gasteiger partial charge on any atom is -0.495 e. The van der Waals surface area contributed by atoms with Crippen molar-refractivity contribution in [2.45, 2.75) is 44.3 Å². The maximum absolute atomic E-state index is 13.0. The lowest BCUT2D eigenvalue weighted by Crippen LogP contribution is -2.25. The lowest BCUT2D eigenvalue weighted by Gasteiger charge is -2.21. The first kappa shape index (κ1) is 24.8. The average Bonchev–Trinajstić information content (AvgIpc) is 2.79. The molecule has 0 saturated carbocycles. The molecule has 2 aromatic carbocycles. The van der Waals surface area contributed by atoms with Gasteiger partial charge >= 0.3 is 0 Å². The molecule has 0 bridgehead atoms. The van der Waals surface area contributed by atoms with E-state index in [-0.39, 0.29) is 22.6 Å². The summed E-state index contributed by atoms with van der Waals surface area (Å²) >= 11 is 1.24. The van der Waals surface area contributed by atoms with Crippen LogP contribution in [-0.2, 0) is 21.5 Å². The molecule has 8 heteroatoms. The molecule has 0 radical (unpaired) electrons. The lowest BCUT2D eigenvalue weighted by atomic mass is 9.87. The predicted molar refractivity (Wildman–Crippen MR) is 134 cm³/mol. The van der Waals surface area contributed by atoms with E-state index in [9.17, 15) is 9.59 Å². The molecule has 3 rings (SSSR count). The smallest absolute Gasteiger partial charge is 0.262 e. The van der Waals surface area contributed by atoms with Crippen molar-refractivity contribution >= 4 is 34.3 Å². The number of methoxy groups -OCH3 is 2. The fourth-order valence-corrected chi connectivity index (χ4v) is 4.24. The van der Waals surface area contributed by atoms with Crippen LogP contribution in [-0.4, -0.2) is 42.0 Å². The van der Waals surface area contributed by atoms with E-state index in [0.29, 0.717) is 47.1 Å². The molecule has 1 heterocycles. The zero-order valence-electron chi connectivity index (χ0n) is 19.8. The largest absolute Gasteiger partial charge is 0.495 e. The van der Waals surface area contributed by atoms with Crippen molar-refractivity contribution in [1.82, 2.24) is 9.55 Å². The van der Waals surface area contributed by atoms with Crippen molar-refractivity contribution in [2.75, 3.05) is 31.9 Å². The Morgan fingerprint density at radius 2 is 1.91 bits per heavy atom. The van der Waals surface area contributed by atoms with Crippen LogP contribution in [0.15, 0.2) is 52.4 Å².